The highest BCUT2D eigenvalue weighted by molar-refractivity contribution is 7.87. The summed E-state index contributed by atoms with van der Waals surface area (Å²) in [4.78, 5) is 11.0. The lowest BCUT2D eigenvalue weighted by atomic mass is 10.00. The van der Waals surface area contributed by atoms with E-state index in [4.69, 9.17) is 5.11 Å². The molecule has 0 saturated carbocycles. The van der Waals surface area contributed by atoms with Crippen LogP contribution in [0.25, 0.3) is 0 Å². The van der Waals surface area contributed by atoms with Gasteiger partial charge in [0.05, 0.1) is 6.61 Å². The summed E-state index contributed by atoms with van der Waals surface area (Å²) in [5, 5.41) is 8.94. The molecule has 0 atom stereocenters. The summed E-state index contributed by atoms with van der Waals surface area (Å²) in [6, 6.07) is 0. The summed E-state index contributed by atoms with van der Waals surface area (Å²) >= 11 is 0. The highest BCUT2D eigenvalue weighted by Gasteiger charge is 2.29. The highest BCUT2D eigenvalue weighted by atomic mass is 32.2. The lowest BCUT2D eigenvalue weighted by Gasteiger charge is -2.29. The van der Waals surface area contributed by atoms with Crippen LogP contribution in [-0.4, -0.2) is 50.2 Å². The Morgan fingerprint density at radius 2 is 2.06 bits per heavy atom. The van der Waals surface area contributed by atoms with E-state index in [0.717, 1.165) is 0 Å². The zero-order valence-electron chi connectivity index (χ0n) is 9.76. The van der Waals surface area contributed by atoms with Gasteiger partial charge in [-0.25, -0.2) is 9.52 Å². The van der Waals surface area contributed by atoms with Crippen molar-refractivity contribution in [2.45, 2.75) is 19.8 Å². The van der Waals surface area contributed by atoms with Crippen molar-refractivity contribution in [3.63, 3.8) is 0 Å². The Morgan fingerprint density at radius 1 is 1.47 bits per heavy atom. The summed E-state index contributed by atoms with van der Waals surface area (Å²) in [7, 11) is -3.81. The Morgan fingerprint density at radius 3 is 2.53 bits per heavy atom. The second kappa shape index (κ2) is 6.18. The van der Waals surface area contributed by atoms with Gasteiger partial charge < -0.3 is 9.84 Å². The first-order valence-corrected chi connectivity index (χ1v) is 6.99. The van der Waals surface area contributed by atoms with Gasteiger partial charge >= 0.3 is 16.3 Å². The topological polar surface area (TPSA) is 95.9 Å². The van der Waals surface area contributed by atoms with E-state index in [1.165, 1.54) is 4.31 Å². The van der Waals surface area contributed by atoms with E-state index in [9.17, 15) is 13.2 Å². The van der Waals surface area contributed by atoms with Gasteiger partial charge in [0.15, 0.2) is 0 Å². The Balaban J connectivity index is 2.51. The van der Waals surface area contributed by atoms with E-state index in [2.05, 4.69) is 4.74 Å². The molecule has 17 heavy (non-hydrogen) atoms. The van der Waals surface area contributed by atoms with Gasteiger partial charge in [-0.1, -0.05) is 0 Å². The average molecular weight is 266 g/mol. The number of hydrogen-bond acceptors (Lipinski definition) is 5. The monoisotopic (exact) mass is 266 g/mol. The number of aliphatic hydroxyl groups is 1. The smallest absolute Gasteiger partial charge is 0.421 e. The fourth-order valence-electron chi connectivity index (χ4n) is 1.66. The maximum absolute atomic E-state index is 11.7. The molecule has 1 saturated heterocycles. The summed E-state index contributed by atoms with van der Waals surface area (Å²) in [5.74, 6) is 0.143. The summed E-state index contributed by atoms with van der Waals surface area (Å²) in [5.41, 5.74) is 0. The van der Waals surface area contributed by atoms with Crippen LogP contribution in [0.1, 0.15) is 19.8 Å². The number of hydrogen-bond donors (Lipinski definition) is 2. The third-order valence-electron chi connectivity index (χ3n) is 2.66. The van der Waals surface area contributed by atoms with Crippen molar-refractivity contribution in [2.75, 3.05) is 26.3 Å². The first-order valence-electron chi connectivity index (χ1n) is 5.55. The second-order valence-corrected chi connectivity index (χ2v) is 5.52. The van der Waals surface area contributed by atoms with Crippen LogP contribution in [0, 0.1) is 5.92 Å². The summed E-state index contributed by atoms with van der Waals surface area (Å²) in [6.07, 6.45) is 0.234. The molecule has 0 aromatic carbocycles. The molecular weight excluding hydrogens is 248 g/mol. The molecule has 0 aromatic rings. The van der Waals surface area contributed by atoms with E-state index in [0.29, 0.717) is 25.9 Å². The lowest BCUT2D eigenvalue weighted by Crippen LogP contribution is -2.47. The number of nitrogens with one attached hydrogen (secondary N) is 1. The molecule has 7 nitrogen and oxygen atoms in total. The molecule has 1 amide bonds. The van der Waals surface area contributed by atoms with Gasteiger partial charge in [0.1, 0.15) is 0 Å². The predicted octanol–water partition coefficient (Wildman–Crippen LogP) is -0.318. The highest BCUT2D eigenvalue weighted by Crippen LogP contribution is 2.18. The van der Waals surface area contributed by atoms with E-state index in [1.807, 2.05) is 4.72 Å². The van der Waals surface area contributed by atoms with Crippen molar-refractivity contribution in [1.82, 2.24) is 9.03 Å². The number of ether oxygens (including phenoxy) is 1. The van der Waals surface area contributed by atoms with Crippen molar-refractivity contribution in [3.8, 4) is 0 Å². The van der Waals surface area contributed by atoms with Gasteiger partial charge in [-0.05, 0) is 25.7 Å². The molecule has 1 aliphatic rings. The zero-order valence-corrected chi connectivity index (χ0v) is 10.6. The van der Waals surface area contributed by atoms with Crippen molar-refractivity contribution in [2.24, 2.45) is 5.92 Å². The van der Waals surface area contributed by atoms with E-state index in [1.54, 1.807) is 6.92 Å². The predicted molar refractivity (Wildman–Crippen MR) is 60.5 cm³/mol. The fraction of sp³-hybridized carbons (Fsp3) is 0.889. The van der Waals surface area contributed by atoms with Crippen molar-refractivity contribution < 1.29 is 23.1 Å². The number of aliphatic hydroxyl groups excluding tert-OH is 1. The molecule has 0 aliphatic carbocycles. The minimum absolute atomic E-state index is 0.0686. The number of piperidine rings is 1. The molecular formula is C9H18N2O5S. The van der Waals surface area contributed by atoms with Gasteiger partial charge in [-0.15, -0.1) is 0 Å². The van der Waals surface area contributed by atoms with E-state index >= 15 is 0 Å². The number of rotatable bonds is 4. The number of nitrogens with zero attached hydrogens (tertiary/aromatic N) is 1. The van der Waals surface area contributed by atoms with E-state index in [-0.39, 0.29) is 19.1 Å². The van der Waals surface area contributed by atoms with Crippen LogP contribution in [0.4, 0.5) is 4.79 Å². The maximum Gasteiger partial charge on any atom is 0.421 e. The van der Waals surface area contributed by atoms with Gasteiger partial charge in [0.25, 0.3) is 0 Å². The average Bonchev–Trinajstić information content (AvgIpc) is 2.28. The molecule has 1 aliphatic heterocycles. The number of carbonyl (C=O) groups is 1. The van der Waals surface area contributed by atoms with Crippen LogP contribution in [0.5, 0.6) is 0 Å². The van der Waals surface area contributed by atoms with Gasteiger partial charge in [-0.3, -0.25) is 0 Å². The third-order valence-corrected chi connectivity index (χ3v) is 4.13. The van der Waals surface area contributed by atoms with Crippen molar-refractivity contribution >= 4 is 16.3 Å². The Hall–Kier alpha value is -0.860. The molecule has 0 aromatic heterocycles. The van der Waals surface area contributed by atoms with Crippen LogP contribution in [-0.2, 0) is 14.9 Å². The van der Waals surface area contributed by atoms with Crippen molar-refractivity contribution in [1.29, 1.82) is 0 Å². The lowest BCUT2D eigenvalue weighted by molar-refractivity contribution is 0.155. The Bertz CT molecular complexity index is 348. The van der Waals surface area contributed by atoms with Crippen LogP contribution in [0.15, 0.2) is 0 Å². The minimum Gasteiger partial charge on any atom is -0.449 e. The van der Waals surface area contributed by atoms with Gasteiger partial charge in [0, 0.05) is 19.7 Å². The number of amides is 1. The quantitative estimate of drug-likeness (QED) is 0.727. The van der Waals surface area contributed by atoms with Crippen molar-refractivity contribution in [3.05, 3.63) is 0 Å². The number of carbonyl (C=O) groups excluding carboxylic acids is 1. The molecule has 0 radical (unpaired) electrons. The molecule has 8 heteroatoms. The maximum atomic E-state index is 11.7. The molecule has 0 unspecified atom stereocenters. The molecule has 1 fully saturated rings. The molecule has 0 spiro atoms. The van der Waals surface area contributed by atoms with Gasteiger partial charge in [0.2, 0.25) is 0 Å². The zero-order chi connectivity index (χ0) is 12.9. The normalized spacial score (nSPS) is 18.9. The summed E-state index contributed by atoms with van der Waals surface area (Å²) in [6.45, 7) is 2.39. The van der Waals surface area contributed by atoms with Crippen LogP contribution >= 0.6 is 0 Å². The first kappa shape index (κ1) is 14.2. The molecule has 1 heterocycles. The van der Waals surface area contributed by atoms with E-state index < -0.39 is 16.3 Å². The van der Waals surface area contributed by atoms with Crippen LogP contribution in [0.3, 0.4) is 0 Å². The largest absolute Gasteiger partial charge is 0.449 e. The van der Waals surface area contributed by atoms with Crippen LogP contribution in [0.2, 0.25) is 0 Å². The molecule has 1 rings (SSSR count). The van der Waals surface area contributed by atoms with Crippen LogP contribution < -0.4 is 4.72 Å². The molecule has 100 valence electrons. The summed E-state index contributed by atoms with van der Waals surface area (Å²) < 4.78 is 31.0. The fourth-order valence-corrected chi connectivity index (χ4v) is 2.75. The standard InChI is InChI=1S/C9H18N2O5S/c1-2-16-9(13)10-17(14,15)11-5-3-8(7-12)4-6-11/h8,12H,2-7H2,1H3,(H,10,13). The Labute approximate surface area is 101 Å². The third kappa shape index (κ3) is 4.14. The SMILES string of the molecule is CCOC(=O)NS(=O)(=O)N1CCC(CO)CC1. The first-order chi connectivity index (χ1) is 7.99. The second-order valence-electron chi connectivity index (χ2n) is 3.85. The molecule has 2 N–H and O–H groups in total. The van der Waals surface area contributed by atoms with Gasteiger partial charge in [-0.2, -0.15) is 12.7 Å². The Kier molecular flexibility index (Phi) is 5.16. The molecule has 0 bridgehead atoms. The minimum atomic E-state index is -3.81.